The molecule has 0 aromatic heterocycles. The van der Waals surface area contributed by atoms with E-state index in [1.54, 1.807) is 6.07 Å². The van der Waals surface area contributed by atoms with Crippen molar-refractivity contribution in [3.05, 3.63) is 59.7 Å². The zero-order valence-electron chi connectivity index (χ0n) is 12.5. The molecule has 21 heavy (non-hydrogen) atoms. The van der Waals surface area contributed by atoms with Crippen LogP contribution in [0, 0.1) is 0 Å². The number of hydrogen-bond donors (Lipinski definition) is 2. The highest BCUT2D eigenvalue weighted by molar-refractivity contribution is 5.85. The van der Waals surface area contributed by atoms with Gasteiger partial charge in [0.2, 0.25) is 0 Å². The molecular weight excluding hydrogens is 284 g/mol. The molecule has 0 spiro atoms. The standard InChI is InChI=1S/C17H22N2O.ClH/c1-3-19(12-14-6-4-8-16(18)10-14)13(2)15-7-5-9-17(20)11-15;/h4-11,13,20H,3,12,18H2,1-2H3;1H. The molecule has 114 valence electrons. The van der Waals surface area contributed by atoms with Crippen LogP contribution in [0.25, 0.3) is 0 Å². The Balaban J connectivity index is 0.00000220. The Labute approximate surface area is 132 Å². The molecule has 0 saturated heterocycles. The maximum Gasteiger partial charge on any atom is 0.115 e. The molecule has 3 N–H and O–H groups in total. The monoisotopic (exact) mass is 306 g/mol. The average molecular weight is 307 g/mol. The lowest BCUT2D eigenvalue weighted by atomic mass is 10.1. The van der Waals surface area contributed by atoms with Crippen LogP contribution in [0.3, 0.4) is 0 Å². The van der Waals surface area contributed by atoms with Crippen molar-refractivity contribution in [3.8, 4) is 5.75 Å². The Bertz CT molecular complexity index is 574. The van der Waals surface area contributed by atoms with E-state index in [2.05, 4.69) is 24.8 Å². The molecule has 0 saturated carbocycles. The van der Waals surface area contributed by atoms with E-state index in [1.165, 1.54) is 5.56 Å². The van der Waals surface area contributed by atoms with Crippen LogP contribution in [0.4, 0.5) is 5.69 Å². The van der Waals surface area contributed by atoms with Gasteiger partial charge < -0.3 is 10.8 Å². The highest BCUT2D eigenvalue weighted by Crippen LogP contribution is 2.25. The van der Waals surface area contributed by atoms with Crippen molar-refractivity contribution in [2.24, 2.45) is 0 Å². The van der Waals surface area contributed by atoms with E-state index in [-0.39, 0.29) is 18.4 Å². The largest absolute Gasteiger partial charge is 0.508 e. The quantitative estimate of drug-likeness (QED) is 0.822. The average Bonchev–Trinajstić information content (AvgIpc) is 2.44. The molecular formula is C17H23ClN2O. The van der Waals surface area contributed by atoms with Gasteiger partial charge in [0.25, 0.3) is 0 Å². The molecule has 0 aliphatic carbocycles. The van der Waals surface area contributed by atoms with E-state index in [0.717, 1.165) is 24.3 Å². The number of rotatable bonds is 5. The van der Waals surface area contributed by atoms with Crippen molar-refractivity contribution in [1.82, 2.24) is 4.90 Å². The molecule has 4 heteroatoms. The van der Waals surface area contributed by atoms with Crippen LogP contribution in [0.15, 0.2) is 48.5 Å². The van der Waals surface area contributed by atoms with Gasteiger partial charge in [-0.2, -0.15) is 0 Å². The number of nitrogens with zero attached hydrogens (tertiary/aromatic N) is 1. The number of aromatic hydroxyl groups is 1. The highest BCUT2D eigenvalue weighted by atomic mass is 35.5. The van der Waals surface area contributed by atoms with Crippen molar-refractivity contribution in [2.75, 3.05) is 12.3 Å². The maximum absolute atomic E-state index is 9.61. The van der Waals surface area contributed by atoms with Gasteiger partial charge in [-0.25, -0.2) is 0 Å². The first kappa shape index (κ1) is 17.3. The molecule has 1 atom stereocenters. The Morgan fingerprint density at radius 1 is 1.14 bits per heavy atom. The van der Waals surface area contributed by atoms with Gasteiger partial charge in [0.1, 0.15) is 5.75 Å². The Morgan fingerprint density at radius 3 is 2.48 bits per heavy atom. The summed E-state index contributed by atoms with van der Waals surface area (Å²) in [5.74, 6) is 0.314. The van der Waals surface area contributed by atoms with Crippen LogP contribution in [-0.2, 0) is 6.54 Å². The van der Waals surface area contributed by atoms with Crippen LogP contribution in [0.2, 0.25) is 0 Å². The van der Waals surface area contributed by atoms with Gasteiger partial charge in [-0.05, 0) is 48.9 Å². The third-order valence-electron chi connectivity index (χ3n) is 3.64. The molecule has 0 bridgehead atoms. The van der Waals surface area contributed by atoms with E-state index < -0.39 is 0 Å². The number of halogens is 1. The van der Waals surface area contributed by atoms with Crippen molar-refractivity contribution >= 4 is 18.1 Å². The van der Waals surface area contributed by atoms with Crippen LogP contribution in [-0.4, -0.2) is 16.6 Å². The number of nitrogens with two attached hydrogens (primary N) is 1. The molecule has 0 aliphatic rings. The van der Waals surface area contributed by atoms with Gasteiger partial charge in [0.05, 0.1) is 0 Å². The highest BCUT2D eigenvalue weighted by Gasteiger charge is 2.15. The number of anilines is 1. The summed E-state index contributed by atoms with van der Waals surface area (Å²) in [5.41, 5.74) is 8.95. The molecule has 2 aromatic rings. The van der Waals surface area contributed by atoms with Gasteiger partial charge in [-0.15, -0.1) is 12.4 Å². The summed E-state index contributed by atoms with van der Waals surface area (Å²) in [6.07, 6.45) is 0. The minimum Gasteiger partial charge on any atom is -0.508 e. The smallest absolute Gasteiger partial charge is 0.115 e. The van der Waals surface area contributed by atoms with Crippen molar-refractivity contribution < 1.29 is 5.11 Å². The van der Waals surface area contributed by atoms with Gasteiger partial charge in [-0.1, -0.05) is 31.2 Å². The second-order valence-corrected chi connectivity index (χ2v) is 5.08. The van der Waals surface area contributed by atoms with E-state index in [0.29, 0.717) is 5.75 Å². The first-order valence-corrected chi connectivity index (χ1v) is 6.97. The zero-order valence-corrected chi connectivity index (χ0v) is 13.3. The normalized spacial score (nSPS) is 12.0. The van der Waals surface area contributed by atoms with E-state index >= 15 is 0 Å². The summed E-state index contributed by atoms with van der Waals surface area (Å²) in [7, 11) is 0. The maximum atomic E-state index is 9.61. The molecule has 3 nitrogen and oxygen atoms in total. The van der Waals surface area contributed by atoms with Crippen LogP contribution in [0.5, 0.6) is 5.75 Å². The number of benzene rings is 2. The van der Waals surface area contributed by atoms with Crippen LogP contribution < -0.4 is 5.73 Å². The summed E-state index contributed by atoms with van der Waals surface area (Å²) in [6, 6.07) is 15.7. The molecule has 0 amide bonds. The van der Waals surface area contributed by atoms with E-state index in [9.17, 15) is 5.11 Å². The van der Waals surface area contributed by atoms with E-state index in [4.69, 9.17) is 5.73 Å². The Morgan fingerprint density at radius 2 is 1.86 bits per heavy atom. The predicted octanol–water partition coefficient (Wildman–Crippen LogP) is 3.98. The zero-order chi connectivity index (χ0) is 14.5. The first-order chi connectivity index (χ1) is 9.60. The summed E-state index contributed by atoms with van der Waals surface area (Å²) < 4.78 is 0. The second kappa shape index (κ2) is 7.91. The minimum atomic E-state index is 0. The third-order valence-corrected chi connectivity index (χ3v) is 3.64. The molecule has 2 aromatic carbocycles. The van der Waals surface area contributed by atoms with Gasteiger partial charge in [0, 0.05) is 18.3 Å². The molecule has 1 unspecified atom stereocenters. The summed E-state index contributed by atoms with van der Waals surface area (Å²) in [5, 5.41) is 9.61. The second-order valence-electron chi connectivity index (χ2n) is 5.08. The Kier molecular flexibility index (Phi) is 6.53. The minimum absolute atomic E-state index is 0. The summed E-state index contributed by atoms with van der Waals surface area (Å²) in [6.45, 7) is 6.08. The topological polar surface area (TPSA) is 49.5 Å². The third kappa shape index (κ3) is 4.66. The number of nitrogen functional groups attached to an aromatic ring is 1. The summed E-state index contributed by atoms with van der Waals surface area (Å²) >= 11 is 0. The lowest BCUT2D eigenvalue weighted by molar-refractivity contribution is 0.212. The fourth-order valence-corrected chi connectivity index (χ4v) is 2.44. The Hall–Kier alpha value is -1.71. The van der Waals surface area contributed by atoms with Gasteiger partial charge >= 0.3 is 0 Å². The van der Waals surface area contributed by atoms with Crippen LogP contribution in [0.1, 0.15) is 31.0 Å². The molecule has 0 radical (unpaired) electrons. The predicted molar refractivity (Wildman–Crippen MR) is 90.7 cm³/mol. The lowest BCUT2D eigenvalue weighted by Gasteiger charge is -2.28. The number of phenolic OH excluding ortho intramolecular Hbond substituents is 1. The van der Waals surface area contributed by atoms with Gasteiger partial charge in [0.15, 0.2) is 0 Å². The van der Waals surface area contributed by atoms with Crippen LogP contribution >= 0.6 is 12.4 Å². The first-order valence-electron chi connectivity index (χ1n) is 6.97. The fourth-order valence-electron chi connectivity index (χ4n) is 2.44. The van der Waals surface area contributed by atoms with Crippen molar-refractivity contribution in [2.45, 2.75) is 26.4 Å². The molecule has 0 fully saturated rings. The van der Waals surface area contributed by atoms with Crippen molar-refractivity contribution in [3.63, 3.8) is 0 Å². The van der Waals surface area contributed by atoms with Gasteiger partial charge in [-0.3, -0.25) is 4.90 Å². The van der Waals surface area contributed by atoms with Crippen molar-refractivity contribution in [1.29, 1.82) is 0 Å². The SMILES string of the molecule is CCN(Cc1cccc(N)c1)C(C)c1cccc(O)c1.Cl. The summed E-state index contributed by atoms with van der Waals surface area (Å²) in [4.78, 5) is 2.35. The molecule has 0 heterocycles. The molecule has 2 rings (SSSR count). The number of phenols is 1. The van der Waals surface area contributed by atoms with E-state index in [1.807, 2.05) is 36.4 Å². The number of hydrogen-bond acceptors (Lipinski definition) is 3. The lowest BCUT2D eigenvalue weighted by Crippen LogP contribution is -2.26. The molecule has 0 aliphatic heterocycles. The fraction of sp³-hybridized carbons (Fsp3) is 0.294.